The van der Waals surface area contributed by atoms with Gasteiger partial charge in [0.25, 0.3) is 0 Å². The summed E-state index contributed by atoms with van der Waals surface area (Å²) in [5.41, 5.74) is 1.10. The molecule has 5 rings (SSSR count). The fourth-order valence-corrected chi connectivity index (χ4v) is 5.80. The summed E-state index contributed by atoms with van der Waals surface area (Å²) in [5, 5.41) is 29.0. The van der Waals surface area contributed by atoms with E-state index in [1.807, 2.05) is 0 Å². The van der Waals surface area contributed by atoms with Gasteiger partial charge in [-0.1, -0.05) is 22.7 Å². The molecule has 0 amide bonds. The van der Waals surface area contributed by atoms with Crippen molar-refractivity contribution in [3.05, 3.63) is 42.3 Å². The zero-order chi connectivity index (χ0) is 23.2. The highest BCUT2D eigenvalue weighted by molar-refractivity contribution is 5.82. The van der Waals surface area contributed by atoms with Crippen molar-refractivity contribution in [1.29, 1.82) is 0 Å². The number of nitrogens with one attached hydrogen (secondary N) is 2. The van der Waals surface area contributed by atoms with Crippen molar-refractivity contribution in [3.63, 3.8) is 0 Å². The number of nitrogens with zero attached hydrogens (tertiary/aromatic N) is 4. The average Bonchev–Trinajstić information content (AvgIpc) is 3.13. The first-order valence-corrected chi connectivity index (χ1v) is 11.3. The Morgan fingerprint density at radius 3 is 2.58 bits per heavy atom. The standard InChI is InChI=1S/C24H28F2N6O/c1-23-8-5-9-24(2,31-23)12-15(11-23)13-27-22-18(25)10-19(28-29-22)21-17(14-32(26)30-21)16-6-3-4-7-20(16)33/h3-4,6-7,10,14-15,31,33H,5,8-9,11-13H2,1-2H3,(H,27,29). The highest BCUT2D eigenvalue weighted by Crippen LogP contribution is 2.42. The summed E-state index contributed by atoms with van der Waals surface area (Å²) in [6.45, 7) is 5.16. The van der Waals surface area contributed by atoms with E-state index in [1.165, 1.54) is 18.6 Å². The van der Waals surface area contributed by atoms with Crippen molar-refractivity contribution in [1.82, 2.24) is 25.5 Å². The largest absolute Gasteiger partial charge is 0.507 e. The molecule has 1 aromatic carbocycles. The second-order valence-electron chi connectivity index (χ2n) is 9.98. The molecule has 4 heterocycles. The number of phenols is 1. The molecule has 2 aliphatic heterocycles. The number of hydrogen-bond donors (Lipinski definition) is 3. The Labute approximate surface area is 191 Å². The number of benzene rings is 1. The maximum absolute atomic E-state index is 14.9. The predicted octanol–water partition coefficient (Wildman–Crippen LogP) is 4.70. The number of aromatic hydroxyl groups is 1. The van der Waals surface area contributed by atoms with Crippen molar-refractivity contribution >= 4 is 5.82 Å². The zero-order valence-electron chi connectivity index (χ0n) is 18.8. The van der Waals surface area contributed by atoms with E-state index in [1.54, 1.807) is 18.2 Å². The van der Waals surface area contributed by atoms with Crippen molar-refractivity contribution in [3.8, 4) is 28.3 Å². The fourth-order valence-electron chi connectivity index (χ4n) is 5.80. The molecule has 2 unspecified atom stereocenters. The number of anilines is 1. The topological polar surface area (TPSA) is 87.9 Å². The number of para-hydroxylation sites is 1. The van der Waals surface area contributed by atoms with Crippen LogP contribution in [0.1, 0.15) is 46.0 Å². The van der Waals surface area contributed by atoms with E-state index in [4.69, 9.17) is 0 Å². The lowest BCUT2D eigenvalue weighted by molar-refractivity contribution is 0.0589. The van der Waals surface area contributed by atoms with Crippen LogP contribution in [0, 0.1) is 11.7 Å². The van der Waals surface area contributed by atoms with Gasteiger partial charge in [0.15, 0.2) is 11.6 Å². The van der Waals surface area contributed by atoms with Crippen LogP contribution < -0.4 is 10.6 Å². The van der Waals surface area contributed by atoms with Crippen LogP contribution in [0.2, 0.25) is 0 Å². The third-order valence-corrected chi connectivity index (χ3v) is 6.97. The first-order valence-electron chi connectivity index (χ1n) is 11.3. The fraction of sp³-hybridized carbons (Fsp3) is 0.458. The molecule has 9 heteroatoms. The van der Waals surface area contributed by atoms with Gasteiger partial charge in [0.05, 0.1) is 6.20 Å². The van der Waals surface area contributed by atoms with Crippen LogP contribution >= 0.6 is 0 Å². The van der Waals surface area contributed by atoms with Crippen LogP contribution in [-0.2, 0) is 0 Å². The highest BCUT2D eigenvalue weighted by Gasteiger charge is 2.45. The summed E-state index contributed by atoms with van der Waals surface area (Å²) >= 11 is 0. The average molecular weight is 455 g/mol. The van der Waals surface area contributed by atoms with Gasteiger partial charge in [0, 0.05) is 34.8 Å². The molecule has 33 heavy (non-hydrogen) atoms. The van der Waals surface area contributed by atoms with Gasteiger partial charge < -0.3 is 15.7 Å². The number of piperidine rings is 2. The molecule has 3 aromatic rings. The first-order chi connectivity index (χ1) is 15.7. The highest BCUT2D eigenvalue weighted by atomic mass is 19.2. The molecule has 3 N–H and O–H groups in total. The summed E-state index contributed by atoms with van der Waals surface area (Å²) in [7, 11) is 0. The Kier molecular flexibility index (Phi) is 5.31. The number of aromatic nitrogens is 4. The molecule has 174 valence electrons. The van der Waals surface area contributed by atoms with Gasteiger partial charge in [0.1, 0.15) is 17.1 Å². The van der Waals surface area contributed by atoms with Gasteiger partial charge in [-0.25, -0.2) is 4.39 Å². The summed E-state index contributed by atoms with van der Waals surface area (Å²) in [6.07, 6.45) is 6.72. The van der Waals surface area contributed by atoms with Gasteiger partial charge in [-0.2, -0.15) is 0 Å². The van der Waals surface area contributed by atoms with E-state index in [2.05, 4.69) is 39.8 Å². The molecule has 2 aliphatic rings. The van der Waals surface area contributed by atoms with Crippen molar-refractivity contribution in [2.45, 2.75) is 57.0 Å². The Morgan fingerprint density at radius 1 is 1.15 bits per heavy atom. The van der Waals surface area contributed by atoms with Crippen LogP contribution in [0.5, 0.6) is 5.75 Å². The quantitative estimate of drug-likeness (QED) is 0.518. The lowest BCUT2D eigenvalue weighted by atomic mass is 9.67. The van der Waals surface area contributed by atoms with Crippen molar-refractivity contribution in [2.24, 2.45) is 5.92 Å². The van der Waals surface area contributed by atoms with E-state index in [0.29, 0.717) is 23.6 Å². The molecule has 0 radical (unpaired) electrons. The minimum atomic E-state index is -0.580. The second-order valence-corrected chi connectivity index (χ2v) is 9.98. The van der Waals surface area contributed by atoms with E-state index < -0.39 is 5.82 Å². The van der Waals surface area contributed by atoms with Crippen LogP contribution in [0.4, 0.5) is 14.7 Å². The second kappa shape index (κ2) is 8.06. The third-order valence-electron chi connectivity index (χ3n) is 6.97. The number of rotatable bonds is 5. The molecule has 2 atom stereocenters. The van der Waals surface area contributed by atoms with Crippen molar-refractivity contribution < 1.29 is 14.0 Å². The first kappa shape index (κ1) is 21.8. The minimum absolute atomic E-state index is 0.0346. The number of fused-ring (bicyclic) bond motifs is 2. The SMILES string of the molecule is CC12CCCC(C)(CC(CNc3nnc(-c4nn(F)cc4-c4ccccc4O)cc3F)C1)N2. The molecule has 7 nitrogen and oxygen atoms in total. The molecule has 0 aliphatic carbocycles. The Bertz CT molecular complexity index is 1170. The molecule has 0 spiro atoms. The van der Waals surface area contributed by atoms with Crippen LogP contribution in [0.25, 0.3) is 22.5 Å². The van der Waals surface area contributed by atoms with Crippen LogP contribution in [0.15, 0.2) is 36.5 Å². The number of halogens is 2. The number of hydrogen-bond acceptors (Lipinski definition) is 6. The van der Waals surface area contributed by atoms with Gasteiger partial charge >= 0.3 is 0 Å². The molecule has 0 saturated carbocycles. The van der Waals surface area contributed by atoms with E-state index >= 15 is 0 Å². The lowest BCUT2D eigenvalue weighted by Gasteiger charge is -2.53. The molecule has 2 bridgehead atoms. The minimum Gasteiger partial charge on any atom is -0.507 e. The molecule has 2 saturated heterocycles. The van der Waals surface area contributed by atoms with Gasteiger partial charge in [-0.3, -0.25) is 0 Å². The van der Waals surface area contributed by atoms with E-state index in [0.717, 1.165) is 31.9 Å². The lowest BCUT2D eigenvalue weighted by Crippen LogP contribution is -2.63. The summed E-state index contributed by atoms with van der Waals surface area (Å²) in [5.74, 6) is -0.144. The summed E-state index contributed by atoms with van der Waals surface area (Å²) in [6, 6.07) is 7.69. The summed E-state index contributed by atoms with van der Waals surface area (Å²) < 4.78 is 28.9. The van der Waals surface area contributed by atoms with Crippen LogP contribution in [0.3, 0.4) is 0 Å². The normalized spacial score (nSPS) is 26.8. The van der Waals surface area contributed by atoms with Gasteiger partial charge in [0.2, 0.25) is 0 Å². The predicted molar refractivity (Wildman–Crippen MR) is 122 cm³/mol. The van der Waals surface area contributed by atoms with Gasteiger partial charge in [-0.05, 0) is 57.9 Å². The maximum Gasteiger partial charge on any atom is 0.184 e. The zero-order valence-corrected chi connectivity index (χ0v) is 18.8. The van der Waals surface area contributed by atoms with E-state index in [-0.39, 0.29) is 38.9 Å². The monoisotopic (exact) mass is 454 g/mol. The molecule has 2 fully saturated rings. The molecule has 2 aromatic heterocycles. The Morgan fingerprint density at radius 2 is 1.88 bits per heavy atom. The third kappa shape index (κ3) is 4.29. The van der Waals surface area contributed by atoms with Crippen molar-refractivity contribution in [2.75, 3.05) is 11.9 Å². The number of phenolic OH excluding ortho intramolecular Hbond substituents is 1. The summed E-state index contributed by atoms with van der Waals surface area (Å²) in [4.78, 5) is 0.123. The molecular formula is C24H28F2N6O. The van der Waals surface area contributed by atoms with Crippen LogP contribution in [-0.4, -0.2) is 42.9 Å². The maximum atomic E-state index is 14.9. The van der Waals surface area contributed by atoms with Gasteiger partial charge in [-0.15, -0.1) is 20.2 Å². The Hall–Kier alpha value is -3.07. The Balaban J connectivity index is 1.35. The van der Waals surface area contributed by atoms with E-state index in [9.17, 15) is 14.0 Å². The smallest absolute Gasteiger partial charge is 0.184 e. The molecular weight excluding hydrogens is 426 g/mol.